The number of carbonyl (C=O) groups excluding carboxylic acids is 1. The molecule has 3 aromatic heterocycles. The molecule has 1 amide bonds. The standard InChI is InChI=1S/C18H15N5OS/c1-19-17(24)12-5-7-13(8-6-12)21-18-22-14(11-25-18)15-10-20-16-4-2-3-9-23(15)16/h2-11H,1H3,(H,19,24)(H,21,22). The van der Waals surface area contributed by atoms with Crippen LogP contribution in [0.2, 0.25) is 0 Å². The van der Waals surface area contributed by atoms with Crippen molar-refractivity contribution in [2.45, 2.75) is 0 Å². The highest BCUT2D eigenvalue weighted by Gasteiger charge is 2.10. The number of rotatable bonds is 4. The number of anilines is 2. The third-order valence-corrected chi connectivity index (χ3v) is 4.57. The number of benzene rings is 1. The van der Waals surface area contributed by atoms with E-state index in [4.69, 9.17) is 0 Å². The van der Waals surface area contributed by atoms with Crippen LogP contribution >= 0.6 is 11.3 Å². The molecule has 0 spiro atoms. The maximum Gasteiger partial charge on any atom is 0.251 e. The van der Waals surface area contributed by atoms with Crippen molar-refractivity contribution in [1.82, 2.24) is 19.7 Å². The molecule has 0 bridgehead atoms. The second kappa shape index (κ2) is 6.37. The van der Waals surface area contributed by atoms with Gasteiger partial charge in [0.2, 0.25) is 0 Å². The normalized spacial score (nSPS) is 10.8. The van der Waals surface area contributed by atoms with Gasteiger partial charge in [0, 0.05) is 29.9 Å². The number of amides is 1. The lowest BCUT2D eigenvalue weighted by Crippen LogP contribution is -2.17. The van der Waals surface area contributed by atoms with Gasteiger partial charge >= 0.3 is 0 Å². The Balaban J connectivity index is 1.56. The zero-order chi connectivity index (χ0) is 17.2. The van der Waals surface area contributed by atoms with Crippen molar-refractivity contribution < 1.29 is 4.79 Å². The summed E-state index contributed by atoms with van der Waals surface area (Å²) >= 11 is 1.52. The molecule has 0 saturated carbocycles. The quantitative estimate of drug-likeness (QED) is 0.591. The molecule has 4 aromatic rings. The van der Waals surface area contributed by atoms with Gasteiger partial charge in [0.15, 0.2) is 5.13 Å². The summed E-state index contributed by atoms with van der Waals surface area (Å²) in [6, 6.07) is 13.2. The summed E-state index contributed by atoms with van der Waals surface area (Å²) in [4.78, 5) is 20.6. The average Bonchev–Trinajstić information content (AvgIpc) is 3.28. The molecule has 0 fully saturated rings. The Morgan fingerprint density at radius 3 is 2.80 bits per heavy atom. The van der Waals surface area contributed by atoms with Crippen molar-refractivity contribution >= 4 is 33.7 Å². The van der Waals surface area contributed by atoms with Crippen LogP contribution in [0.3, 0.4) is 0 Å². The molecule has 2 N–H and O–H groups in total. The highest BCUT2D eigenvalue weighted by atomic mass is 32.1. The monoisotopic (exact) mass is 349 g/mol. The van der Waals surface area contributed by atoms with Gasteiger partial charge in [0.25, 0.3) is 5.91 Å². The first-order valence-corrected chi connectivity index (χ1v) is 8.60. The van der Waals surface area contributed by atoms with Gasteiger partial charge in [0.1, 0.15) is 11.3 Å². The highest BCUT2D eigenvalue weighted by molar-refractivity contribution is 7.14. The van der Waals surface area contributed by atoms with Crippen molar-refractivity contribution in [2.75, 3.05) is 12.4 Å². The molecule has 4 rings (SSSR count). The Kier molecular flexibility index (Phi) is 3.91. The van der Waals surface area contributed by atoms with Crippen LogP contribution in [0.25, 0.3) is 17.0 Å². The van der Waals surface area contributed by atoms with Gasteiger partial charge in [-0.05, 0) is 36.4 Å². The first-order chi connectivity index (χ1) is 12.2. The zero-order valence-electron chi connectivity index (χ0n) is 13.4. The Morgan fingerprint density at radius 1 is 1.16 bits per heavy atom. The number of pyridine rings is 1. The van der Waals surface area contributed by atoms with Crippen molar-refractivity contribution in [3.63, 3.8) is 0 Å². The van der Waals surface area contributed by atoms with Gasteiger partial charge in [-0.15, -0.1) is 11.3 Å². The van der Waals surface area contributed by atoms with Crippen molar-refractivity contribution in [3.8, 4) is 11.4 Å². The van der Waals surface area contributed by atoms with Crippen LogP contribution in [0.15, 0.2) is 60.2 Å². The first kappa shape index (κ1) is 15.3. The van der Waals surface area contributed by atoms with Crippen LogP contribution < -0.4 is 10.6 Å². The number of thiazole rings is 1. The number of aromatic nitrogens is 3. The van der Waals surface area contributed by atoms with Crippen LogP contribution in [0.5, 0.6) is 0 Å². The largest absolute Gasteiger partial charge is 0.355 e. The minimum absolute atomic E-state index is 0.101. The van der Waals surface area contributed by atoms with Gasteiger partial charge in [0.05, 0.1) is 11.9 Å². The molecule has 0 radical (unpaired) electrons. The third-order valence-electron chi connectivity index (χ3n) is 3.81. The fourth-order valence-corrected chi connectivity index (χ4v) is 3.27. The van der Waals surface area contributed by atoms with Crippen LogP contribution in [0.4, 0.5) is 10.8 Å². The molecule has 0 saturated heterocycles. The third kappa shape index (κ3) is 2.97. The molecule has 0 aliphatic heterocycles. The van der Waals surface area contributed by atoms with Gasteiger partial charge in [-0.1, -0.05) is 6.07 Å². The van der Waals surface area contributed by atoms with Gasteiger partial charge < -0.3 is 10.6 Å². The van der Waals surface area contributed by atoms with Crippen LogP contribution in [0.1, 0.15) is 10.4 Å². The SMILES string of the molecule is CNC(=O)c1ccc(Nc2nc(-c3cnc4ccccn34)cs2)cc1. The van der Waals surface area contributed by atoms with E-state index in [9.17, 15) is 4.79 Å². The summed E-state index contributed by atoms with van der Waals surface area (Å²) in [6.07, 6.45) is 3.80. The molecule has 25 heavy (non-hydrogen) atoms. The molecule has 1 aromatic carbocycles. The number of hydrogen-bond donors (Lipinski definition) is 2. The molecule has 124 valence electrons. The smallest absolute Gasteiger partial charge is 0.251 e. The van der Waals surface area contributed by atoms with Gasteiger partial charge in [-0.2, -0.15) is 0 Å². The van der Waals surface area contributed by atoms with E-state index in [1.807, 2.05) is 52.5 Å². The Bertz CT molecular complexity index is 1040. The number of fused-ring (bicyclic) bond motifs is 1. The Morgan fingerprint density at radius 2 is 2.00 bits per heavy atom. The summed E-state index contributed by atoms with van der Waals surface area (Å²) in [5.41, 5.74) is 4.22. The summed E-state index contributed by atoms with van der Waals surface area (Å²) < 4.78 is 2.01. The minimum atomic E-state index is -0.101. The highest BCUT2D eigenvalue weighted by Crippen LogP contribution is 2.27. The lowest BCUT2D eigenvalue weighted by molar-refractivity contribution is 0.0963. The summed E-state index contributed by atoms with van der Waals surface area (Å²) in [7, 11) is 1.62. The van der Waals surface area contributed by atoms with Crippen molar-refractivity contribution in [3.05, 3.63) is 65.8 Å². The fraction of sp³-hybridized carbons (Fsp3) is 0.0556. The van der Waals surface area contributed by atoms with Crippen LogP contribution in [0, 0.1) is 0 Å². The molecule has 0 atom stereocenters. The fourth-order valence-electron chi connectivity index (χ4n) is 2.54. The summed E-state index contributed by atoms with van der Waals surface area (Å²) in [6.45, 7) is 0. The lowest BCUT2D eigenvalue weighted by atomic mass is 10.2. The maximum absolute atomic E-state index is 11.6. The predicted molar refractivity (Wildman–Crippen MR) is 99.4 cm³/mol. The maximum atomic E-state index is 11.6. The zero-order valence-corrected chi connectivity index (χ0v) is 14.2. The van der Waals surface area contributed by atoms with Crippen molar-refractivity contribution in [2.24, 2.45) is 0 Å². The van der Waals surface area contributed by atoms with E-state index in [0.717, 1.165) is 27.9 Å². The number of imidazole rings is 1. The molecular formula is C18H15N5OS. The van der Waals surface area contributed by atoms with E-state index in [-0.39, 0.29) is 5.91 Å². The summed E-state index contributed by atoms with van der Waals surface area (Å²) in [5.74, 6) is -0.101. The molecule has 0 aliphatic carbocycles. The molecule has 0 aliphatic rings. The van der Waals surface area contributed by atoms with Gasteiger partial charge in [-0.25, -0.2) is 9.97 Å². The number of hydrogen-bond acceptors (Lipinski definition) is 5. The van der Waals surface area contributed by atoms with E-state index < -0.39 is 0 Å². The Labute approximate surface area is 148 Å². The summed E-state index contributed by atoms with van der Waals surface area (Å²) in [5, 5.41) is 8.65. The number of nitrogens with zero attached hydrogens (tertiary/aromatic N) is 3. The topological polar surface area (TPSA) is 71.3 Å². The minimum Gasteiger partial charge on any atom is -0.355 e. The molecule has 7 heteroatoms. The van der Waals surface area contributed by atoms with Crippen molar-refractivity contribution in [1.29, 1.82) is 0 Å². The second-order valence-corrected chi connectivity index (χ2v) is 6.25. The predicted octanol–water partition coefficient (Wildman–Crippen LogP) is 3.56. The van der Waals surface area contributed by atoms with E-state index >= 15 is 0 Å². The van der Waals surface area contributed by atoms with E-state index in [2.05, 4.69) is 20.6 Å². The first-order valence-electron chi connectivity index (χ1n) is 7.72. The van der Waals surface area contributed by atoms with Crippen LogP contribution in [-0.4, -0.2) is 27.3 Å². The number of carbonyl (C=O) groups is 1. The number of nitrogens with one attached hydrogen (secondary N) is 2. The van der Waals surface area contributed by atoms with Crippen LogP contribution in [-0.2, 0) is 0 Å². The van der Waals surface area contributed by atoms with Gasteiger partial charge in [-0.3, -0.25) is 9.20 Å². The van der Waals surface area contributed by atoms with E-state index in [0.29, 0.717) is 5.56 Å². The van der Waals surface area contributed by atoms with E-state index in [1.54, 1.807) is 19.2 Å². The molecule has 6 nitrogen and oxygen atoms in total. The average molecular weight is 349 g/mol. The molecular weight excluding hydrogens is 334 g/mol. The molecule has 0 unspecified atom stereocenters. The lowest BCUT2D eigenvalue weighted by Gasteiger charge is -2.04. The Hall–Kier alpha value is -3.19. The van der Waals surface area contributed by atoms with E-state index in [1.165, 1.54) is 11.3 Å². The second-order valence-electron chi connectivity index (χ2n) is 5.39. The molecule has 3 heterocycles.